The zero-order chi connectivity index (χ0) is 4.24. The van der Waals surface area contributed by atoms with Gasteiger partial charge >= 0.3 is 0 Å². The number of hydrogen-bond acceptors (Lipinski definition) is 0. The molecule has 0 unspecified atom stereocenters. The van der Waals surface area contributed by atoms with E-state index in [1.165, 1.54) is 0 Å². The zero-order valence-corrected chi connectivity index (χ0v) is 8.46. The van der Waals surface area contributed by atoms with E-state index in [4.69, 9.17) is 0 Å². The lowest BCUT2D eigenvalue weighted by atomic mass is 10.5. The number of aromatic nitrogens is 1. The fourth-order valence-electron chi connectivity index (χ4n) is 0.342. The Morgan fingerprint density at radius 1 is 0.750 bits per heavy atom. The SMILES string of the molecule is [I-].[I-].c1cc[nH+]cc1. The second-order valence-electron chi connectivity index (χ2n) is 1.08. The van der Waals surface area contributed by atoms with E-state index in [2.05, 4.69) is 4.98 Å². The number of halogens is 2. The second kappa shape index (κ2) is 7.61. The Labute approximate surface area is 82.9 Å². The van der Waals surface area contributed by atoms with E-state index in [-0.39, 0.29) is 48.0 Å². The highest BCUT2D eigenvalue weighted by atomic mass is 127. The molecule has 0 aromatic carbocycles. The highest BCUT2D eigenvalue weighted by Gasteiger charge is 1.65. The lowest BCUT2D eigenvalue weighted by molar-refractivity contribution is -0.377. The maximum Gasteiger partial charge on any atom is 0.166 e. The van der Waals surface area contributed by atoms with Gasteiger partial charge in [0, 0.05) is 12.1 Å². The van der Waals surface area contributed by atoms with Gasteiger partial charge in [0.1, 0.15) is 0 Å². The number of nitrogens with one attached hydrogen (secondary N) is 1. The lowest BCUT2D eigenvalue weighted by Crippen LogP contribution is -3.00. The molecule has 46 valence electrons. The number of aromatic amines is 1. The third kappa shape index (κ3) is 4.76. The number of pyridine rings is 1. The molecule has 1 rings (SSSR count). The molecule has 0 amide bonds. The van der Waals surface area contributed by atoms with Crippen molar-refractivity contribution in [2.75, 3.05) is 0 Å². The first kappa shape index (κ1) is 11.4. The standard InChI is InChI=1S/C5H5N.2HI/c1-2-4-6-5-3-1;;/h1-5H;2*1H/p-1. The Bertz CT molecular complexity index is 82.4. The molecule has 1 N–H and O–H groups in total. The van der Waals surface area contributed by atoms with Crippen molar-refractivity contribution in [3.8, 4) is 0 Å². The quantitative estimate of drug-likeness (QED) is 0.421. The van der Waals surface area contributed by atoms with Crippen LogP contribution >= 0.6 is 0 Å². The number of H-pyrrole nitrogens is 1. The van der Waals surface area contributed by atoms with Crippen LogP contribution in [0.3, 0.4) is 0 Å². The lowest BCUT2D eigenvalue weighted by Gasteiger charge is -1.63. The van der Waals surface area contributed by atoms with E-state index in [0.717, 1.165) is 0 Å². The van der Waals surface area contributed by atoms with Crippen molar-refractivity contribution in [2.45, 2.75) is 0 Å². The van der Waals surface area contributed by atoms with Gasteiger partial charge in [-0.1, -0.05) is 6.07 Å². The van der Waals surface area contributed by atoms with Crippen molar-refractivity contribution in [2.24, 2.45) is 0 Å². The molecule has 0 aliphatic carbocycles. The van der Waals surface area contributed by atoms with Gasteiger partial charge in [-0.2, -0.15) is 0 Å². The van der Waals surface area contributed by atoms with Crippen LogP contribution < -0.4 is 52.9 Å². The molecule has 0 spiro atoms. The summed E-state index contributed by atoms with van der Waals surface area (Å²) in [5, 5.41) is 0. The molecule has 0 aliphatic heterocycles. The van der Waals surface area contributed by atoms with Crippen LogP contribution in [0.2, 0.25) is 0 Å². The molecule has 1 nitrogen and oxygen atoms in total. The first-order chi connectivity index (χ1) is 3.00. The number of hydrogen-bond donors (Lipinski definition) is 0. The van der Waals surface area contributed by atoms with Crippen molar-refractivity contribution >= 4 is 0 Å². The maximum atomic E-state index is 2.89. The van der Waals surface area contributed by atoms with E-state index in [1.54, 1.807) is 0 Å². The molecular formula is C5H6I2N-. The van der Waals surface area contributed by atoms with E-state index < -0.39 is 0 Å². The van der Waals surface area contributed by atoms with Crippen LogP contribution in [0.25, 0.3) is 0 Å². The summed E-state index contributed by atoms with van der Waals surface area (Å²) in [4.78, 5) is 2.89. The monoisotopic (exact) mass is 334 g/mol. The Balaban J connectivity index is 0. The Kier molecular flexibility index (Phi) is 10.9. The van der Waals surface area contributed by atoms with Crippen LogP contribution in [0.1, 0.15) is 0 Å². The summed E-state index contributed by atoms with van der Waals surface area (Å²) in [5.74, 6) is 0. The minimum atomic E-state index is 0. The molecule has 1 aromatic heterocycles. The molecule has 3 heteroatoms. The average Bonchev–Trinajstić information content (AvgIpc) is 1.72. The molecule has 8 heavy (non-hydrogen) atoms. The highest BCUT2D eigenvalue weighted by molar-refractivity contribution is 4.82. The normalized spacial score (nSPS) is 6.00. The summed E-state index contributed by atoms with van der Waals surface area (Å²) in [6.45, 7) is 0. The highest BCUT2D eigenvalue weighted by Crippen LogP contribution is 1.68. The smallest absolute Gasteiger partial charge is 0.166 e. The molecule has 0 aliphatic rings. The van der Waals surface area contributed by atoms with Crippen molar-refractivity contribution in [3.63, 3.8) is 0 Å². The molecule has 0 saturated carbocycles. The van der Waals surface area contributed by atoms with Crippen molar-refractivity contribution in [1.82, 2.24) is 0 Å². The summed E-state index contributed by atoms with van der Waals surface area (Å²) in [6.07, 6.45) is 3.75. The predicted molar refractivity (Wildman–Crippen MR) is 23.0 cm³/mol. The topological polar surface area (TPSA) is 14.1 Å². The van der Waals surface area contributed by atoms with Gasteiger partial charge in [0.15, 0.2) is 12.4 Å². The molecule has 1 heterocycles. The summed E-state index contributed by atoms with van der Waals surface area (Å²) >= 11 is 0. The summed E-state index contributed by atoms with van der Waals surface area (Å²) in [5.41, 5.74) is 0. The second-order valence-corrected chi connectivity index (χ2v) is 1.08. The van der Waals surface area contributed by atoms with Gasteiger partial charge in [-0.15, -0.1) is 0 Å². The van der Waals surface area contributed by atoms with E-state index >= 15 is 0 Å². The summed E-state index contributed by atoms with van der Waals surface area (Å²) in [6, 6.07) is 5.86. The Morgan fingerprint density at radius 2 is 1.25 bits per heavy atom. The van der Waals surface area contributed by atoms with Gasteiger partial charge in [-0.05, 0) is 0 Å². The minimum Gasteiger partial charge on any atom is -1.00 e. The van der Waals surface area contributed by atoms with Crippen molar-refractivity contribution < 1.29 is 52.9 Å². The largest absolute Gasteiger partial charge is 1.00 e. The van der Waals surface area contributed by atoms with Gasteiger partial charge in [0.2, 0.25) is 0 Å². The van der Waals surface area contributed by atoms with Crippen molar-refractivity contribution in [1.29, 1.82) is 0 Å². The number of rotatable bonds is 0. The van der Waals surface area contributed by atoms with Gasteiger partial charge in [0.05, 0.1) is 0 Å². The Hall–Kier alpha value is 0.610. The van der Waals surface area contributed by atoms with Crippen LogP contribution in [-0.4, -0.2) is 0 Å². The molecular weight excluding hydrogens is 328 g/mol. The fourth-order valence-corrected chi connectivity index (χ4v) is 0.342. The molecule has 0 saturated heterocycles. The van der Waals surface area contributed by atoms with E-state index in [1.807, 2.05) is 30.6 Å². The summed E-state index contributed by atoms with van der Waals surface area (Å²) < 4.78 is 0. The van der Waals surface area contributed by atoms with Crippen molar-refractivity contribution in [3.05, 3.63) is 30.6 Å². The fraction of sp³-hybridized carbons (Fsp3) is 0. The molecule has 0 bridgehead atoms. The van der Waals surface area contributed by atoms with Crippen LogP contribution in [0.5, 0.6) is 0 Å². The van der Waals surface area contributed by atoms with Crippen LogP contribution in [0, 0.1) is 0 Å². The van der Waals surface area contributed by atoms with E-state index in [9.17, 15) is 0 Å². The third-order valence-corrected chi connectivity index (χ3v) is 0.607. The maximum absolute atomic E-state index is 2.89. The van der Waals surface area contributed by atoms with Crippen LogP contribution in [0.4, 0.5) is 0 Å². The van der Waals surface area contributed by atoms with Crippen LogP contribution in [0.15, 0.2) is 30.6 Å². The van der Waals surface area contributed by atoms with Gasteiger partial charge in [0.25, 0.3) is 0 Å². The third-order valence-electron chi connectivity index (χ3n) is 0.607. The van der Waals surface area contributed by atoms with E-state index in [0.29, 0.717) is 0 Å². The van der Waals surface area contributed by atoms with Gasteiger partial charge in [-0.25, -0.2) is 4.98 Å². The molecule has 0 atom stereocenters. The van der Waals surface area contributed by atoms with Gasteiger partial charge in [-0.3, -0.25) is 0 Å². The first-order valence-electron chi connectivity index (χ1n) is 1.91. The molecule has 0 radical (unpaired) electrons. The first-order valence-corrected chi connectivity index (χ1v) is 1.91. The predicted octanol–water partition coefficient (Wildman–Crippen LogP) is -5.49. The summed E-state index contributed by atoms with van der Waals surface area (Å²) in [7, 11) is 0. The molecule has 0 fully saturated rings. The molecule has 1 aromatic rings. The van der Waals surface area contributed by atoms with Gasteiger partial charge < -0.3 is 48.0 Å². The van der Waals surface area contributed by atoms with Crippen LogP contribution in [-0.2, 0) is 0 Å². The zero-order valence-electron chi connectivity index (χ0n) is 4.14. The minimum absolute atomic E-state index is 0. The Morgan fingerprint density at radius 3 is 1.38 bits per heavy atom. The average molecular weight is 334 g/mol.